The number of hydrogen-bond donors (Lipinski definition) is 0. The number of ether oxygens (including phenoxy) is 2. The zero-order valence-corrected chi connectivity index (χ0v) is 6.87. The topological polar surface area (TPSA) is 47.9 Å². The van der Waals surface area contributed by atoms with E-state index < -0.39 is 5.79 Å². The Labute approximate surface area is 65.8 Å². The summed E-state index contributed by atoms with van der Waals surface area (Å²) >= 11 is 0. The summed E-state index contributed by atoms with van der Waals surface area (Å²) < 4.78 is 10.3. The van der Waals surface area contributed by atoms with Gasteiger partial charge in [0.2, 0.25) is 0 Å². The number of nitrogens with zero attached hydrogens (tertiary/aromatic N) is 1. The normalized spacial score (nSPS) is 28.7. The molecule has 4 heteroatoms. The Balaban J connectivity index is 2.71. The smallest absolute Gasteiger partial charge is 0.193 e. The van der Waals surface area contributed by atoms with Crippen LogP contribution < -0.4 is 0 Å². The summed E-state index contributed by atoms with van der Waals surface area (Å²) in [4.78, 5) is 10.3. The molecular weight excluding hydrogens is 146 g/mol. The van der Waals surface area contributed by atoms with Crippen LogP contribution in [0.15, 0.2) is 5.18 Å². The molecule has 1 aliphatic rings. The van der Waals surface area contributed by atoms with Crippen LogP contribution in [0.1, 0.15) is 19.3 Å². The highest BCUT2D eigenvalue weighted by Gasteiger charge is 2.44. The molecule has 0 aliphatic heterocycles. The lowest BCUT2D eigenvalue weighted by Crippen LogP contribution is -2.40. The van der Waals surface area contributed by atoms with E-state index in [2.05, 4.69) is 5.18 Å². The summed E-state index contributed by atoms with van der Waals surface area (Å²) in [5.41, 5.74) is 0. The number of methoxy groups -OCH3 is 2. The highest BCUT2D eigenvalue weighted by atomic mass is 16.7. The summed E-state index contributed by atoms with van der Waals surface area (Å²) in [5, 5.41) is 2.98. The summed E-state index contributed by atoms with van der Waals surface area (Å²) in [5.74, 6) is -0.734. The second-order valence-electron chi connectivity index (χ2n) is 2.73. The summed E-state index contributed by atoms with van der Waals surface area (Å²) in [7, 11) is 3.10. The Morgan fingerprint density at radius 3 is 2.45 bits per heavy atom. The molecule has 1 atom stereocenters. The second-order valence-corrected chi connectivity index (χ2v) is 2.73. The molecular formula is C7H13NO3. The van der Waals surface area contributed by atoms with Crippen molar-refractivity contribution >= 4 is 0 Å². The van der Waals surface area contributed by atoms with Crippen LogP contribution in [-0.2, 0) is 9.47 Å². The van der Waals surface area contributed by atoms with E-state index in [9.17, 15) is 4.91 Å². The molecule has 1 unspecified atom stereocenters. The van der Waals surface area contributed by atoms with Crippen molar-refractivity contribution in [3.05, 3.63) is 4.91 Å². The van der Waals surface area contributed by atoms with Gasteiger partial charge in [0, 0.05) is 20.6 Å². The minimum absolute atomic E-state index is 0.336. The van der Waals surface area contributed by atoms with Crippen LogP contribution in [0.5, 0.6) is 0 Å². The van der Waals surface area contributed by atoms with Gasteiger partial charge in [0.15, 0.2) is 5.79 Å². The molecule has 1 aliphatic carbocycles. The summed E-state index contributed by atoms with van der Waals surface area (Å²) in [6.07, 6.45) is 2.47. The number of hydrogen-bond acceptors (Lipinski definition) is 4. The minimum Gasteiger partial charge on any atom is -0.351 e. The van der Waals surface area contributed by atoms with Crippen LogP contribution in [0, 0.1) is 4.91 Å². The Hall–Kier alpha value is -0.480. The standard InChI is InChI=1S/C7H13NO3/c1-10-7(11-2)5-3-4-6(7)8-9/h6H,3-5H2,1-2H3. The van der Waals surface area contributed by atoms with E-state index in [1.807, 2.05) is 0 Å². The SMILES string of the molecule is COC1(OC)CCCC1N=O. The largest absolute Gasteiger partial charge is 0.351 e. The first-order valence-electron chi connectivity index (χ1n) is 3.72. The molecule has 1 saturated carbocycles. The van der Waals surface area contributed by atoms with Gasteiger partial charge in [-0.1, -0.05) is 5.18 Å². The lowest BCUT2D eigenvalue weighted by atomic mass is 10.2. The quantitative estimate of drug-likeness (QED) is 0.460. The molecule has 0 aromatic rings. The predicted molar refractivity (Wildman–Crippen MR) is 40.2 cm³/mol. The van der Waals surface area contributed by atoms with Crippen LogP contribution >= 0.6 is 0 Å². The summed E-state index contributed by atoms with van der Waals surface area (Å²) in [6, 6.07) is -0.336. The highest BCUT2D eigenvalue weighted by molar-refractivity contribution is 4.91. The van der Waals surface area contributed by atoms with Crippen molar-refractivity contribution in [3.8, 4) is 0 Å². The van der Waals surface area contributed by atoms with Crippen molar-refractivity contribution in [1.82, 2.24) is 0 Å². The van der Waals surface area contributed by atoms with Crippen molar-refractivity contribution in [2.24, 2.45) is 5.18 Å². The van der Waals surface area contributed by atoms with E-state index >= 15 is 0 Å². The van der Waals surface area contributed by atoms with Crippen molar-refractivity contribution in [1.29, 1.82) is 0 Å². The van der Waals surface area contributed by atoms with Gasteiger partial charge in [-0.05, 0) is 12.8 Å². The Kier molecular flexibility index (Phi) is 2.57. The van der Waals surface area contributed by atoms with Gasteiger partial charge in [0.05, 0.1) is 0 Å². The van der Waals surface area contributed by atoms with Crippen molar-refractivity contribution in [2.45, 2.75) is 31.1 Å². The molecule has 11 heavy (non-hydrogen) atoms. The Morgan fingerprint density at radius 2 is 2.09 bits per heavy atom. The minimum atomic E-state index is -0.734. The Bertz CT molecular complexity index is 145. The van der Waals surface area contributed by atoms with E-state index in [0.717, 1.165) is 19.3 Å². The first kappa shape index (κ1) is 8.62. The third kappa shape index (κ3) is 1.28. The summed E-state index contributed by atoms with van der Waals surface area (Å²) in [6.45, 7) is 0. The molecule has 64 valence electrons. The van der Waals surface area contributed by atoms with Gasteiger partial charge in [0.1, 0.15) is 6.04 Å². The van der Waals surface area contributed by atoms with Gasteiger partial charge >= 0.3 is 0 Å². The maximum atomic E-state index is 10.3. The number of nitroso groups, excluding NO2 is 1. The molecule has 0 aromatic carbocycles. The first-order valence-corrected chi connectivity index (χ1v) is 3.72. The molecule has 0 radical (unpaired) electrons. The van der Waals surface area contributed by atoms with E-state index in [4.69, 9.17) is 9.47 Å². The molecule has 1 rings (SSSR count). The molecule has 0 N–H and O–H groups in total. The molecule has 4 nitrogen and oxygen atoms in total. The van der Waals surface area contributed by atoms with Crippen LogP contribution in [0.3, 0.4) is 0 Å². The average Bonchev–Trinajstić information content (AvgIpc) is 2.47. The molecule has 1 fully saturated rings. The molecule has 0 spiro atoms. The first-order chi connectivity index (χ1) is 5.29. The fourth-order valence-corrected chi connectivity index (χ4v) is 1.62. The van der Waals surface area contributed by atoms with E-state index in [0.29, 0.717) is 0 Å². The number of rotatable bonds is 3. The highest BCUT2D eigenvalue weighted by Crippen LogP contribution is 2.35. The van der Waals surface area contributed by atoms with Crippen molar-refractivity contribution in [3.63, 3.8) is 0 Å². The molecule has 0 saturated heterocycles. The third-order valence-corrected chi connectivity index (χ3v) is 2.33. The van der Waals surface area contributed by atoms with Crippen molar-refractivity contribution in [2.75, 3.05) is 14.2 Å². The van der Waals surface area contributed by atoms with Gasteiger partial charge in [0.25, 0.3) is 0 Å². The second kappa shape index (κ2) is 3.28. The van der Waals surface area contributed by atoms with Gasteiger partial charge in [-0.3, -0.25) is 0 Å². The van der Waals surface area contributed by atoms with Gasteiger partial charge < -0.3 is 9.47 Å². The molecule has 0 aromatic heterocycles. The predicted octanol–water partition coefficient (Wildman–Crippen LogP) is 1.29. The van der Waals surface area contributed by atoms with E-state index in [-0.39, 0.29) is 6.04 Å². The van der Waals surface area contributed by atoms with Gasteiger partial charge in [-0.15, -0.1) is 0 Å². The van der Waals surface area contributed by atoms with Crippen LogP contribution in [0.2, 0.25) is 0 Å². The zero-order chi connectivity index (χ0) is 8.32. The molecule has 0 amide bonds. The fraction of sp³-hybridized carbons (Fsp3) is 1.00. The Morgan fingerprint density at radius 1 is 1.45 bits per heavy atom. The zero-order valence-electron chi connectivity index (χ0n) is 6.87. The maximum Gasteiger partial charge on any atom is 0.193 e. The molecule has 0 bridgehead atoms. The molecule has 0 heterocycles. The van der Waals surface area contributed by atoms with Crippen molar-refractivity contribution < 1.29 is 9.47 Å². The van der Waals surface area contributed by atoms with Crippen LogP contribution in [-0.4, -0.2) is 26.0 Å². The lowest BCUT2D eigenvalue weighted by Gasteiger charge is -2.28. The maximum absolute atomic E-state index is 10.3. The van der Waals surface area contributed by atoms with E-state index in [1.54, 1.807) is 14.2 Å². The average molecular weight is 159 g/mol. The monoisotopic (exact) mass is 159 g/mol. The van der Waals surface area contributed by atoms with Crippen LogP contribution in [0.4, 0.5) is 0 Å². The fourth-order valence-electron chi connectivity index (χ4n) is 1.62. The third-order valence-electron chi connectivity index (χ3n) is 2.33. The van der Waals surface area contributed by atoms with Crippen LogP contribution in [0.25, 0.3) is 0 Å². The van der Waals surface area contributed by atoms with E-state index in [1.165, 1.54) is 0 Å². The lowest BCUT2D eigenvalue weighted by molar-refractivity contribution is -0.208. The van der Waals surface area contributed by atoms with Gasteiger partial charge in [-0.2, -0.15) is 4.91 Å². The van der Waals surface area contributed by atoms with Gasteiger partial charge in [-0.25, -0.2) is 0 Å².